The smallest absolute Gasteiger partial charge is 0.0558 e. The molecule has 0 amide bonds. The maximum absolute atomic E-state index is 8.94. The van der Waals surface area contributed by atoms with Crippen LogP contribution in [-0.2, 0) is 6.54 Å². The molecule has 1 aromatic rings. The third-order valence-electron chi connectivity index (χ3n) is 3.65. The number of aliphatic hydroxyl groups excluding tert-OH is 1. The number of β-amino-alcohol motifs (C(OH)–C–C–N with tert-alkyl or cyclic N) is 1. The molecule has 2 rings (SSSR count). The minimum Gasteiger partial charge on any atom is -0.395 e. The summed E-state index contributed by atoms with van der Waals surface area (Å²) in [5.74, 6) is 0.755. The number of likely N-dealkylation sites (tertiary alicyclic amines) is 1. The summed E-state index contributed by atoms with van der Waals surface area (Å²) >= 11 is 0. The number of nitrogens with zero attached hydrogens (tertiary/aromatic N) is 2. The fourth-order valence-electron chi connectivity index (χ4n) is 2.81. The lowest BCUT2D eigenvalue weighted by Gasteiger charge is -2.21. The van der Waals surface area contributed by atoms with Crippen molar-refractivity contribution in [2.24, 2.45) is 5.92 Å². The molecule has 0 saturated carbocycles. The third-order valence-corrected chi connectivity index (χ3v) is 3.65. The van der Waals surface area contributed by atoms with Gasteiger partial charge in [-0.15, -0.1) is 0 Å². The molecule has 3 nitrogen and oxygen atoms in total. The second-order valence-corrected chi connectivity index (χ2v) is 5.36. The average molecular weight is 248 g/mol. The molecule has 0 bridgehead atoms. The molecule has 0 aliphatic carbocycles. The van der Waals surface area contributed by atoms with Gasteiger partial charge in [-0.25, -0.2) is 0 Å². The van der Waals surface area contributed by atoms with Crippen LogP contribution < -0.4 is 0 Å². The molecular weight excluding hydrogens is 224 g/mol. The number of hydrogen-bond donors (Lipinski definition) is 1. The van der Waals surface area contributed by atoms with Gasteiger partial charge >= 0.3 is 0 Å². The highest BCUT2D eigenvalue weighted by Gasteiger charge is 2.22. The van der Waals surface area contributed by atoms with Gasteiger partial charge in [-0.2, -0.15) is 0 Å². The standard InChI is InChI=1S/C15H24N2O/c1-16(11-14-5-3-2-4-6-14)12-15-7-8-17(13-15)9-10-18/h2-6,15,18H,7-13H2,1H3/t15-/m1/s1. The number of benzene rings is 1. The topological polar surface area (TPSA) is 26.7 Å². The van der Waals surface area contributed by atoms with E-state index in [1.165, 1.54) is 12.0 Å². The van der Waals surface area contributed by atoms with Crippen LogP contribution in [0, 0.1) is 5.92 Å². The molecule has 0 radical (unpaired) electrons. The average Bonchev–Trinajstić information content (AvgIpc) is 2.78. The van der Waals surface area contributed by atoms with Gasteiger partial charge in [0, 0.05) is 26.2 Å². The summed E-state index contributed by atoms with van der Waals surface area (Å²) in [6, 6.07) is 10.6. The number of rotatable bonds is 6. The van der Waals surface area contributed by atoms with Crippen LogP contribution in [0.3, 0.4) is 0 Å². The van der Waals surface area contributed by atoms with Gasteiger partial charge in [-0.1, -0.05) is 30.3 Å². The van der Waals surface area contributed by atoms with Crippen molar-refractivity contribution >= 4 is 0 Å². The van der Waals surface area contributed by atoms with Gasteiger partial charge in [0.1, 0.15) is 0 Å². The van der Waals surface area contributed by atoms with Crippen molar-refractivity contribution < 1.29 is 5.11 Å². The molecule has 1 aromatic carbocycles. The molecule has 3 heteroatoms. The van der Waals surface area contributed by atoms with Gasteiger partial charge in [-0.3, -0.25) is 0 Å². The van der Waals surface area contributed by atoms with Crippen molar-refractivity contribution in [1.29, 1.82) is 0 Å². The quantitative estimate of drug-likeness (QED) is 0.825. The molecular formula is C15H24N2O. The van der Waals surface area contributed by atoms with Crippen molar-refractivity contribution in [3.63, 3.8) is 0 Å². The Kier molecular flexibility index (Phi) is 5.17. The van der Waals surface area contributed by atoms with Crippen molar-refractivity contribution in [3.05, 3.63) is 35.9 Å². The predicted molar refractivity (Wildman–Crippen MR) is 74.4 cm³/mol. The molecule has 1 saturated heterocycles. The van der Waals surface area contributed by atoms with E-state index in [1.807, 2.05) is 0 Å². The van der Waals surface area contributed by atoms with E-state index in [4.69, 9.17) is 5.11 Å². The highest BCUT2D eigenvalue weighted by atomic mass is 16.3. The summed E-state index contributed by atoms with van der Waals surface area (Å²) in [4.78, 5) is 4.77. The van der Waals surface area contributed by atoms with Crippen molar-refractivity contribution in [1.82, 2.24) is 9.80 Å². The zero-order valence-electron chi connectivity index (χ0n) is 11.3. The van der Waals surface area contributed by atoms with Gasteiger partial charge in [0.25, 0.3) is 0 Å². The van der Waals surface area contributed by atoms with Gasteiger partial charge in [0.2, 0.25) is 0 Å². The molecule has 0 spiro atoms. The summed E-state index contributed by atoms with van der Waals surface area (Å²) in [6.07, 6.45) is 1.26. The second-order valence-electron chi connectivity index (χ2n) is 5.36. The Bertz CT molecular complexity index is 342. The van der Waals surface area contributed by atoms with Crippen molar-refractivity contribution in [2.75, 3.05) is 39.8 Å². The normalized spacial score (nSPS) is 20.7. The van der Waals surface area contributed by atoms with E-state index in [0.717, 1.165) is 38.6 Å². The van der Waals surface area contributed by atoms with Crippen molar-refractivity contribution in [2.45, 2.75) is 13.0 Å². The Morgan fingerprint density at radius 1 is 1.33 bits per heavy atom. The van der Waals surface area contributed by atoms with Gasteiger partial charge in [0.15, 0.2) is 0 Å². The number of aliphatic hydroxyl groups is 1. The van der Waals surface area contributed by atoms with Crippen molar-refractivity contribution in [3.8, 4) is 0 Å². The SMILES string of the molecule is CN(Cc1ccccc1)C[C@H]1CCN(CCO)C1. The Morgan fingerprint density at radius 3 is 2.83 bits per heavy atom. The van der Waals surface area contributed by atoms with Crippen LogP contribution in [0.2, 0.25) is 0 Å². The van der Waals surface area contributed by atoms with E-state index in [2.05, 4.69) is 47.2 Å². The highest BCUT2D eigenvalue weighted by Crippen LogP contribution is 2.17. The van der Waals surface area contributed by atoms with E-state index < -0.39 is 0 Å². The molecule has 1 N–H and O–H groups in total. The maximum atomic E-state index is 8.94. The largest absolute Gasteiger partial charge is 0.395 e. The summed E-state index contributed by atoms with van der Waals surface area (Å²) in [7, 11) is 2.20. The Labute approximate surface area is 110 Å². The van der Waals surface area contributed by atoms with Gasteiger partial charge in [-0.05, 0) is 31.5 Å². The van der Waals surface area contributed by atoms with E-state index in [1.54, 1.807) is 0 Å². The summed E-state index contributed by atoms with van der Waals surface area (Å²) in [5.41, 5.74) is 1.38. The molecule has 0 aromatic heterocycles. The van der Waals surface area contributed by atoms with E-state index in [9.17, 15) is 0 Å². The van der Waals surface area contributed by atoms with E-state index in [0.29, 0.717) is 0 Å². The summed E-state index contributed by atoms with van der Waals surface area (Å²) < 4.78 is 0. The minimum atomic E-state index is 0.284. The molecule has 1 heterocycles. The number of hydrogen-bond acceptors (Lipinski definition) is 3. The monoisotopic (exact) mass is 248 g/mol. The molecule has 1 fully saturated rings. The van der Waals surface area contributed by atoms with E-state index in [-0.39, 0.29) is 6.61 Å². The van der Waals surface area contributed by atoms with Crippen LogP contribution >= 0.6 is 0 Å². The molecule has 1 aliphatic rings. The predicted octanol–water partition coefficient (Wildman–Crippen LogP) is 1.43. The molecule has 18 heavy (non-hydrogen) atoms. The first kappa shape index (κ1) is 13.5. The lowest BCUT2D eigenvalue weighted by Crippen LogP contribution is -2.29. The lowest BCUT2D eigenvalue weighted by molar-refractivity contribution is 0.209. The van der Waals surface area contributed by atoms with Crippen LogP contribution in [0.4, 0.5) is 0 Å². The lowest BCUT2D eigenvalue weighted by atomic mass is 10.1. The molecule has 1 aliphatic heterocycles. The molecule has 0 unspecified atom stereocenters. The fraction of sp³-hybridized carbons (Fsp3) is 0.600. The molecule has 100 valence electrons. The minimum absolute atomic E-state index is 0.284. The van der Waals surface area contributed by atoms with Gasteiger partial charge < -0.3 is 14.9 Å². The van der Waals surface area contributed by atoms with Crippen LogP contribution in [0.15, 0.2) is 30.3 Å². The van der Waals surface area contributed by atoms with E-state index >= 15 is 0 Å². The first-order valence-electron chi connectivity index (χ1n) is 6.83. The fourth-order valence-corrected chi connectivity index (χ4v) is 2.81. The Balaban J connectivity index is 1.73. The van der Waals surface area contributed by atoms with Crippen LogP contribution in [0.5, 0.6) is 0 Å². The molecule has 1 atom stereocenters. The van der Waals surface area contributed by atoms with Crippen LogP contribution in [-0.4, -0.2) is 54.7 Å². The first-order valence-corrected chi connectivity index (χ1v) is 6.83. The van der Waals surface area contributed by atoms with Crippen LogP contribution in [0.25, 0.3) is 0 Å². The first-order chi connectivity index (χ1) is 8.78. The Morgan fingerprint density at radius 2 is 2.11 bits per heavy atom. The van der Waals surface area contributed by atoms with Crippen LogP contribution in [0.1, 0.15) is 12.0 Å². The summed E-state index contributed by atoms with van der Waals surface area (Å²) in [6.45, 7) is 5.57. The highest BCUT2D eigenvalue weighted by molar-refractivity contribution is 5.14. The zero-order valence-corrected chi connectivity index (χ0v) is 11.3. The summed E-state index contributed by atoms with van der Waals surface area (Å²) in [5, 5.41) is 8.94. The third kappa shape index (κ3) is 4.09. The second kappa shape index (κ2) is 6.88. The van der Waals surface area contributed by atoms with Gasteiger partial charge in [0.05, 0.1) is 6.61 Å². The Hall–Kier alpha value is -0.900. The maximum Gasteiger partial charge on any atom is 0.0558 e. The zero-order chi connectivity index (χ0) is 12.8.